The van der Waals surface area contributed by atoms with Crippen molar-refractivity contribution in [2.24, 2.45) is 0 Å². The summed E-state index contributed by atoms with van der Waals surface area (Å²) < 4.78 is 2.00. The second-order valence-electron chi connectivity index (χ2n) is 8.25. The molecule has 1 aliphatic heterocycles. The van der Waals surface area contributed by atoms with E-state index in [2.05, 4.69) is 50.5 Å². The summed E-state index contributed by atoms with van der Waals surface area (Å²) >= 11 is 1.37. The van der Waals surface area contributed by atoms with Gasteiger partial charge in [0.25, 0.3) is 0 Å². The zero-order chi connectivity index (χ0) is 23.3. The van der Waals surface area contributed by atoms with Crippen molar-refractivity contribution in [3.63, 3.8) is 0 Å². The molecule has 8 heteroatoms. The molecule has 2 aromatic heterocycles. The fraction of sp³-hybridized carbons (Fsp3) is 0.231. The molecular formula is C26H26N6OS. The number of anilines is 2. The Bertz CT molecular complexity index is 1270. The molecule has 0 saturated carbocycles. The number of pyridine rings is 1. The van der Waals surface area contributed by atoms with Crippen LogP contribution >= 0.6 is 11.8 Å². The molecule has 0 bridgehead atoms. The van der Waals surface area contributed by atoms with E-state index in [0.717, 1.165) is 35.6 Å². The van der Waals surface area contributed by atoms with Crippen molar-refractivity contribution in [2.45, 2.75) is 24.9 Å². The molecule has 3 heterocycles. The van der Waals surface area contributed by atoms with Gasteiger partial charge in [0, 0.05) is 42.4 Å². The maximum absolute atomic E-state index is 12.7. The number of para-hydroxylation sites is 1. The number of carbonyl (C=O) groups excluding carboxylic acids is 1. The Kier molecular flexibility index (Phi) is 6.58. The first-order chi connectivity index (χ1) is 16.7. The van der Waals surface area contributed by atoms with Gasteiger partial charge in [0.1, 0.15) is 0 Å². The van der Waals surface area contributed by atoms with Crippen LogP contribution in [0.1, 0.15) is 18.4 Å². The molecule has 34 heavy (non-hydrogen) atoms. The molecule has 0 aliphatic carbocycles. The van der Waals surface area contributed by atoms with Gasteiger partial charge in [0.15, 0.2) is 11.0 Å². The van der Waals surface area contributed by atoms with Crippen molar-refractivity contribution in [3.8, 4) is 17.1 Å². The van der Waals surface area contributed by atoms with Crippen molar-refractivity contribution in [3.05, 3.63) is 78.6 Å². The molecule has 7 nitrogen and oxygen atoms in total. The predicted molar refractivity (Wildman–Crippen MR) is 137 cm³/mol. The second kappa shape index (κ2) is 10.1. The maximum atomic E-state index is 12.7. The highest BCUT2D eigenvalue weighted by molar-refractivity contribution is 7.99. The largest absolute Gasteiger partial charge is 0.372 e. The van der Waals surface area contributed by atoms with Gasteiger partial charge in [0.2, 0.25) is 5.91 Å². The van der Waals surface area contributed by atoms with Crippen LogP contribution in [-0.2, 0) is 4.79 Å². The summed E-state index contributed by atoms with van der Waals surface area (Å²) in [6.45, 7) is 4.26. The van der Waals surface area contributed by atoms with Gasteiger partial charge in [-0.25, -0.2) is 0 Å². The number of nitrogens with zero attached hydrogens (tertiary/aromatic N) is 5. The lowest BCUT2D eigenvalue weighted by Crippen LogP contribution is -2.18. The van der Waals surface area contributed by atoms with E-state index < -0.39 is 0 Å². The van der Waals surface area contributed by atoms with E-state index in [4.69, 9.17) is 0 Å². The van der Waals surface area contributed by atoms with E-state index in [1.54, 1.807) is 12.4 Å². The Morgan fingerprint density at radius 1 is 1.00 bits per heavy atom. The Labute approximate surface area is 203 Å². The molecule has 1 fully saturated rings. The molecule has 172 valence electrons. The lowest BCUT2D eigenvalue weighted by atomic mass is 10.2. The van der Waals surface area contributed by atoms with Gasteiger partial charge >= 0.3 is 0 Å². The van der Waals surface area contributed by atoms with Gasteiger partial charge in [-0.2, -0.15) is 0 Å². The van der Waals surface area contributed by atoms with Crippen molar-refractivity contribution in [1.29, 1.82) is 0 Å². The lowest BCUT2D eigenvalue weighted by Gasteiger charge is -2.17. The minimum atomic E-state index is -0.0822. The first-order valence-electron chi connectivity index (χ1n) is 11.4. The standard InChI is InChI=1S/C26H26N6OS/c1-19-7-2-3-9-23(19)32-25(20-8-6-14-27-17-20)29-30-26(32)34-18-24(33)28-21-10-12-22(13-11-21)31-15-4-5-16-31/h2-3,6-14,17H,4-5,15-16,18H2,1H3,(H,28,33). The number of hydrogen-bond acceptors (Lipinski definition) is 6. The van der Waals surface area contributed by atoms with E-state index in [1.807, 2.05) is 47.0 Å². The number of aromatic nitrogens is 4. The van der Waals surface area contributed by atoms with E-state index >= 15 is 0 Å². The lowest BCUT2D eigenvalue weighted by molar-refractivity contribution is -0.113. The zero-order valence-corrected chi connectivity index (χ0v) is 19.8. The van der Waals surface area contributed by atoms with E-state index in [1.165, 1.54) is 30.3 Å². The highest BCUT2D eigenvalue weighted by Gasteiger charge is 2.19. The summed E-state index contributed by atoms with van der Waals surface area (Å²) in [5, 5.41) is 12.5. The van der Waals surface area contributed by atoms with Crippen molar-refractivity contribution >= 4 is 29.0 Å². The minimum absolute atomic E-state index is 0.0822. The molecule has 0 radical (unpaired) electrons. The van der Waals surface area contributed by atoms with Gasteiger partial charge in [-0.3, -0.25) is 14.3 Å². The Hall–Kier alpha value is -3.65. The van der Waals surface area contributed by atoms with Crippen molar-refractivity contribution in [1.82, 2.24) is 19.7 Å². The third-order valence-corrected chi connectivity index (χ3v) is 6.79. The summed E-state index contributed by atoms with van der Waals surface area (Å²) in [7, 11) is 0. The first kappa shape index (κ1) is 22.2. The molecule has 1 aliphatic rings. The Balaban J connectivity index is 1.32. The quantitative estimate of drug-likeness (QED) is 0.385. The molecule has 2 aromatic carbocycles. The van der Waals surface area contributed by atoms with Gasteiger partial charge in [0.05, 0.1) is 11.4 Å². The van der Waals surface area contributed by atoms with Gasteiger partial charge in [-0.15, -0.1) is 10.2 Å². The molecule has 1 saturated heterocycles. The summed E-state index contributed by atoms with van der Waals surface area (Å²) in [6.07, 6.45) is 5.98. The summed E-state index contributed by atoms with van der Waals surface area (Å²) in [6, 6.07) is 20.0. The number of amides is 1. The van der Waals surface area contributed by atoms with Gasteiger partial charge < -0.3 is 10.2 Å². The SMILES string of the molecule is Cc1ccccc1-n1c(SCC(=O)Nc2ccc(N3CCCC3)cc2)nnc1-c1cccnc1. The van der Waals surface area contributed by atoms with Crippen LogP contribution in [0.15, 0.2) is 78.2 Å². The molecule has 1 amide bonds. The molecular weight excluding hydrogens is 444 g/mol. The van der Waals surface area contributed by atoms with E-state index in [9.17, 15) is 4.79 Å². The molecule has 0 unspecified atom stereocenters. The van der Waals surface area contributed by atoms with Crippen LogP contribution < -0.4 is 10.2 Å². The van der Waals surface area contributed by atoms with Crippen LogP contribution in [-0.4, -0.2) is 44.5 Å². The predicted octanol–water partition coefficient (Wildman–Crippen LogP) is 4.97. The zero-order valence-electron chi connectivity index (χ0n) is 19.0. The van der Waals surface area contributed by atoms with Crippen molar-refractivity contribution in [2.75, 3.05) is 29.1 Å². The highest BCUT2D eigenvalue weighted by atomic mass is 32.2. The number of hydrogen-bond donors (Lipinski definition) is 1. The summed E-state index contributed by atoms with van der Waals surface area (Å²) in [4.78, 5) is 19.3. The summed E-state index contributed by atoms with van der Waals surface area (Å²) in [5.74, 6) is 0.842. The average Bonchev–Trinajstić information content (AvgIpc) is 3.55. The fourth-order valence-electron chi connectivity index (χ4n) is 4.13. The number of benzene rings is 2. The molecule has 5 rings (SSSR count). The third kappa shape index (κ3) is 4.82. The monoisotopic (exact) mass is 470 g/mol. The molecule has 0 atom stereocenters. The Morgan fingerprint density at radius 2 is 1.79 bits per heavy atom. The number of aryl methyl sites for hydroxylation is 1. The highest BCUT2D eigenvalue weighted by Crippen LogP contribution is 2.29. The fourth-order valence-corrected chi connectivity index (χ4v) is 4.88. The van der Waals surface area contributed by atoms with E-state index in [-0.39, 0.29) is 11.7 Å². The topological polar surface area (TPSA) is 75.9 Å². The smallest absolute Gasteiger partial charge is 0.234 e. The average molecular weight is 471 g/mol. The van der Waals surface area contributed by atoms with Gasteiger partial charge in [-0.05, 0) is 67.8 Å². The molecule has 4 aromatic rings. The van der Waals surface area contributed by atoms with Crippen molar-refractivity contribution < 1.29 is 4.79 Å². The maximum Gasteiger partial charge on any atom is 0.234 e. The van der Waals surface area contributed by atoms with Gasteiger partial charge in [-0.1, -0.05) is 30.0 Å². The number of nitrogens with one attached hydrogen (secondary N) is 1. The molecule has 1 N–H and O–H groups in total. The normalized spacial score (nSPS) is 13.3. The van der Waals surface area contributed by atoms with E-state index in [0.29, 0.717) is 11.0 Å². The van der Waals surface area contributed by atoms with Crippen LogP contribution in [0.2, 0.25) is 0 Å². The summed E-state index contributed by atoms with van der Waals surface area (Å²) in [5.41, 5.74) is 4.94. The van der Waals surface area contributed by atoms with Crippen LogP contribution in [0.5, 0.6) is 0 Å². The van der Waals surface area contributed by atoms with Crippen LogP contribution in [0.3, 0.4) is 0 Å². The molecule has 0 spiro atoms. The Morgan fingerprint density at radius 3 is 2.53 bits per heavy atom. The van der Waals surface area contributed by atoms with Crippen LogP contribution in [0.4, 0.5) is 11.4 Å². The third-order valence-electron chi connectivity index (χ3n) is 5.86. The second-order valence-corrected chi connectivity index (χ2v) is 9.19. The minimum Gasteiger partial charge on any atom is -0.372 e. The van der Waals surface area contributed by atoms with Crippen LogP contribution in [0.25, 0.3) is 17.1 Å². The number of carbonyl (C=O) groups is 1. The van der Waals surface area contributed by atoms with Crippen LogP contribution in [0, 0.1) is 6.92 Å². The first-order valence-corrected chi connectivity index (χ1v) is 12.4. The number of rotatable bonds is 7. The number of thioether (sulfide) groups is 1.